The number of nitrogens with one attached hydrogen (secondary N) is 1. The van der Waals surface area contributed by atoms with Gasteiger partial charge in [0, 0.05) is 6.54 Å². The second-order valence-corrected chi connectivity index (χ2v) is 4.43. The van der Waals surface area contributed by atoms with E-state index in [2.05, 4.69) is 15.4 Å². The number of rotatable bonds is 4. The second-order valence-electron chi connectivity index (χ2n) is 4.43. The summed E-state index contributed by atoms with van der Waals surface area (Å²) in [5.41, 5.74) is 0.794. The first kappa shape index (κ1) is 14.0. The molecule has 6 heteroatoms. The van der Waals surface area contributed by atoms with Gasteiger partial charge in [0.2, 0.25) is 0 Å². The molecule has 0 atom stereocenters. The molecule has 3 rings (SSSR count). The number of halogens is 1. The standard InChI is InChI=1S/C13H17N3O2.ClH/c1-14-6-3-7-16-8-9-17-10-4-2-5-11-12(10)13(16)15-18-11;/h2,4-5,14H,3,6-9H2,1H3;1H. The molecule has 1 aromatic carbocycles. The minimum atomic E-state index is 0. The Hall–Kier alpha value is -1.46. The van der Waals surface area contributed by atoms with E-state index in [-0.39, 0.29) is 12.4 Å². The average molecular weight is 284 g/mol. The first-order valence-electron chi connectivity index (χ1n) is 6.31. The van der Waals surface area contributed by atoms with Crippen LogP contribution in [0.4, 0.5) is 5.82 Å². The average Bonchev–Trinajstić information content (AvgIpc) is 2.73. The van der Waals surface area contributed by atoms with Gasteiger partial charge >= 0.3 is 0 Å². The predicted molar refractivity (Wildman–Crippen MR) is 77.5 cm³/mol. The minimum Gasteiger partial charge on any atom is -0.491 e. The molecule has 0 saturated heterocycles. The fourth-order valence-corrected chi connectivity index (χ4v) is 2.32. The molecule has 0 amide bonds. The molecule has 1 aliphatic rings. The third kappa shape index (κ3) is 2.62. The molecule has 5 nitrogen and oxygen atoms in total. The highest BCUT2D eigenvalue weighted by Gasteiger charge is 2.22. The topological polar surface area (TPSA) is 50.5 Å². The lowest BCUT2D eigenvalue weighted by atomic mass is 10.2. The van der Waals surface area contributed by atoms with Crippen LogP contribution in [-0.4, -0.2) is 38.4 Å². The molecule has 1 aromatic heterocycles. The van der Waals surface area contributed by atoms with Crippen molar-refractivity contribution < 1.29 is 9.26 Å². The summed E-state index contributed by atoms with van der Waals surface area (Å²) in [6, 6.07) is 5.83. The SMILES string of the molecule is CNCCCN1CCOc2cccc3onc1c23.Cl. The Morgan fingerprint density at radius 3 is 3.16 bits per heavy atom. The zero-order chi connectivity index (χ0) is 12.4. The van der Waals surface area contributed by atoms with Gasteiger partial charge in [-0.2, -0.15) is 0 Å². The van der Waals surface area contributed by atoms with Crippen LogP contribution >= 0.6 is 12.4 Å². The zero-order valence-electron chi connectivity index (χ0n) is 10.9. The van der Waals surface area contributed by atoms with Gasteiger partial charge in [0.05, 0.1) is 6.54 Å². The van der Waals surface area contributed by atoms with Crippen molar-refractivity contribution in [2.45, 2.75) is 6.42 Å². The quantitative estimate of drug-likeness (QED) is 0.871. The molecule has 0 unspecified atom stereocenters. The van der Waals surface area contributed by atoms with Gasteiger partial charge in [-0.25, -0.2) is 0 Å². The van der Waals surface area contributed by atoms with Crippen molar-refractivity contribution in [3.05, 3.63) is 18.2 Å². The molecular formula is C13H18ClN3O2. The molecule has 0 saturated carbocycles. The lowest BCUT2D eigenvalue weighted by Gasteiger charge is -2.19. The van der Waals surface area contributed by atoms with Crippen molar-refractivity contribution in [2.75, 3.05) is 38.2 Å². The number of hydrogen-bond donors (Lipinski definition) is 1. The van der Waals surface area contributed by atoms with Gasteiger partial charge in [0.15, 0.2) is 11.4 Å². The highest BCUT2D eigenvalue weighted by atomic mass is 35.5. The molecule has 2 aromatic rings. The minimum absolute atomic E-state index is 0. The van der Waals surface area contributed by atoms with E-state index in [4.69, 9.17) is 9.26 Å². The number of hydrogen-bond acceptors (Lipinski definition) is 5. The summed E-state index contributed by atoms with van der Waals surface area (Å²) in [6.07, 6.45) is 1.08. The van der Waals surface area contributed by atoms with Gasteiger partial charge in [-0.05, 0) is 32.1 Å². The van der Waals surface area contributed by atoms with Crippen LogP contribution in [0.2, 0.25) is 0 Å². The third-order valence-electron chi connectivity index (χ3n) is 3.22. The Bertz CT molecular complexity index is 544. The van der Waals surface area contributed by atoms with E-state index in [0.29, 0.717) is 6.61 Å². The van der Waals surface area contributed by atoms with Crippen LogP contribution in [0, 0.1) is 0 Å². The van der Waals surface area contributed by atoms with E-state index in [1.807, 2.05) is 25.2 Å². The van der Waals surface area contributed by atoms with Gasteiger partial charge in [0.25, 0.3) is 0 Å². The Morgan fingerprint density at radius 2 is 2.32 bits per heavy atom. The highest BCUT2D eigenvalue weighted by Crippen LogP contribution is 2.35. The third-order valence-corrected chi connectivity index (χ3v) is 3.22. The maximum absolute atomic E-state index is 5.76. The van der Waals surface area contributed by atoms with E-state index in [9.17, 15) is 0 Å². The largest absolute Gasteiger partial charge is 0.491 e. The number of nitrogens with zero attached hydrogens (tertiary/aromatic N) is 2. The molecule has 19 heavy (non-hydrogen) atoms. The fraction of sp³-hybridized carbons (Fsp3) is 0.462. The summed E-state index contributed by atoms with van der Waals surface area (Å²) < 4.78 is 11.1. The molecule has 1 N–H and O–H groups in total. The van der Waals surface area contributed by atoms with Crippen LogP contribution in [0.3, 0.4) is 0 Å². The van der Waals surface area contributed by atoms with Crippen LogP contribution in [0.25, 0.3) is 11.0 Å². The first-order valence-corrected chi connectivity index (χ1v) is 6.31. The first-order chi connectivity index (χ1) is 8.90. The summed E-state index contributed by atoms with van der Waals surface area (Å²) in [6.45, 7) is 3.50. The van der Waals surface area contributed by atoms with Gasteiger partial charge in [-0.1, -0.05) is 11.2 Å². The summed E-state index contributed by atoms with van der Waals surface area (Å²) in [4.78, 5) is 2.24. The van der Waals surface area contributed by atoms with Crippen molar-refractivity contribution in [1.82, 2.24) is 10.5 Å². The normalized spacial score (nSPS) is 13.8. The number of ether oxygens (including phenoxy) is 1. The van der Waals surface area contributed by atoms with E-state index >= 15 is 0 Å². The monoisotopic (exact) mass is 283 g/mol. The summed E-state index contributed by atoms with van der Waals surface area (Å²) in [5, 5.41) is 8.35. The lowest BCUT2D eigenvalue weighted by molar-refractivity contribution is 0.329. The van der Waals surface area contributed by atoms with Gasteiger partial charge in [0.1, 0.15) is 17.7 Å². The molecular weight excluding hydrogens is 266 g/mol. The number of aromatic nitrogens is 1. The molecule has 0 radical (unpaired) electrons. The summed E-state index contributed by atoms with van der Waals surface area (Å²) in [5.74, 6) is 1.79. The molecule has 104 valence electrons. The van der Waals surface area contributed by atoms with Crippen molar-refractivity contribution in [3.8, 4) is 5.75 Å². The fourth-order valence-electron chi connectivity index (χ4n) is 2.32. The lowest BCUT2D eigenvalue weighted by Crippen LogP contribution is -2.30. The van der Waals surface area contributed by atoms with Gasteiger partial charge in [-0.15, -0.1) is 12.4 Å². The Labute approximate surface area is 118 Å². The Morgan fingerprint density at radius 1 is 1.42 bits per heavy atom. The van der Waals surface area contributed by atoms with Gasteiger partial charge < -0.3 is 19.5 Å². The van der Waals surface area contributed by atoms with Crippen LogP contribution in [0.1, 0.15) is 6.42 Å². The van der Waals surface area contributed by atoms with E-state index < -0.39 is 0 Å². The van der Waals surface area contributed by atoms with E-state index in [0.717, 1.165) is 48.6 Å². The van der Waals surface area contributed by atoms with E-state index in [1.54, 1.807) is 0 Å². The zero-order valence-corrected chi connectivity index (χ0v) is 11.7. The van der Waals surface area contributed by atoms with Crippen LogP contribution in [0.15, 0.2) is 22.7 Å². The highest BCUT2D eigenvalue weighted by molar-refractivity contribution is 5.94. The van der Waals surface area contributed by atoms with Crippen LogP contribution < -0.4 is 15.0 Å². The predicted octanol–water partition coefficient (Wildman–Crippen LogP) is 2.06. The second kappa shape index (κ2) is 6.12. The molecule has 1 aliphatic heterocycles. The smallest absolute Gasteiger partial charge is 0.183 e. The van der Waals surface area contributed by atoms with Crippen molar-refractivity contribution in [2.24, 2.45) is 0 Å². The molecule has 0 fully saturated rings. The molecule has 0 spiro atoms. The van der Waals surface area contributed by atoms with Crippen LogP contribution in [0.5, 0.6) is 5.75 Å². The van der Waals surface area contributed by atoms with E-state index in [1.165, 1.54) is 0 Å². The van der Waals surface area contributed by atoms with Crippen molar-refractivity contribution >= 4 is 29.2 Å². The van der Waals surface area contributed by atoms with Crippen LogP contribution in [-0.2, 0) is 0 Å². The maximum Gasteiger partial charge on any atom is 0.183 e. The van der Waals surface area contributed by atoms with Crippen molar-refractivity contribution in [1.29, 1.82) is 0 Å². The molecule has 2 heterocycles. The number of anilines is 1. The maximum atomic E-state index is 5.76. The van der Waals surface area contributed by atoms with Gasteiger partial charge in [-0.3, -0.25) is 0 Å². The van der Waals surface area contributed by atoms with Crippen molar-refractivity contribution in [3.63, 3.8) is 0 Å². The molecule has 0 aliphatic carbocycles. The Kier molecular flexibility index (Phi) is 4.50. The summed E-state index contributed by atoms with van der Waals surface area (Å²) in [7, 11) is 1.97. The number of benzene rings is 1. The Balaban J connectivity index is 0.00000133. The molecule has 0 bridgehead atoms. The summed E-state index contributed by atoms with van der Waals surface area (Å²) >= 11 is 0.